The molecule has 1 fully saturated rings. The molecule has 0 unspecified atom stereocenters. The molecule has 1 aromatic carbocycles. The Kier molecular flexibility index (Phi) is 6.85. The molecule has 14 heteroatoms. The van der Waals surface area contributed by atoms with Gasteiger partial charge in [-0.1, -0.05) is 0 Å². The van der Waals surface area contributed by atoms with Crippen LogP contribution >= 0.6 is 0 Å². The van der Waals surface area contributed by atoms with Gasteiger partial charge in [0, 0.05) is 37.7 Å². The van der Waals surface area contributed by atoms with Crippen LogP contribution in [0.5, 0.6) is 0 Å². The topological polar surface area (TPSA) is 118 Å². The van der Waals surface area contributed by atoms with Gasteiger partial charge in [0.15, 0.2) is 5.82 Å². The Hall–Kier alpha value is -4.49. The predicted octanol–water partition coefficient (Wildman–Crippen LogP) is 2.70. The summed E-state index contributed by atoms with van der Waals surface area (Å²) in [6, 6.07) is 9.83. The first-order valence-electron chi connectivity index (χ1n) is 10.6. The van der Waals surface area contributed by atoms with Crippen molar-refractivity contribution in [2.45, 2.75) is 18.6 Å². The Bertz CT molecular complexity index is 1370. The highest BCUT2D eigenvalue weighted by Gasteiger charge is 2.38. The molecule has 1 saturated heterocycles. The zero-order valence-corrected chi connectivity index (χ0v) is 18.4. The first-order valence-corrected chi connectivity index (χ1v) is 10.6. The van der Waals surface area contributed by atoms with Crippen LogP contribution in [0.2, 0.25) is 0 Å². The largest absolute Gasteiger partial charge is 0.490 e. The Morgan fingerprint density at radius 2 is 1.81 bits per heavy atom. The number of nitrogens with zero attached hydrogens (tertiary/aromatic N) is 6. The summed E-state index contributed by atoms with van der Waals surface area (Å²) in [6.45, 7) is 1.47. The second-order valence-electron chi connectivity index (χ2n) is 7.75. The molecule has 4 heterocycles. The maximum atomic E-state index is 13.1. The van der Waals surface area contributed by atoms with Gasteiger partial charge in [-0.25, -0.2) is 23.8 Å². The van der Waals surface area contributed by atoms with Crippen molar-refractivity contribution in [1.29, 1.82) is 0 Å². The average Bonchev–Trinajstić information content (AvgIpc) is 3.59. The summed E-state index contributed by atoms with van der Waals surface area (Å²) in [6.07, 6.45) is 2.85. The number of carboxylic acids is 1. The molecule has 0 radical (unpaired) electrons. The number of carbonyl (C=O) groups is 2. The van der Waals surface area contributed by atoms with Crippen molar-refractivity contribution in [2.24, 2.45) is 0 Å². The van der Waals surface area contributed by atoms with E-state index in [1.165, 1.54) is 23.1 Å². The number of benzene rings is 1. The number of aliphatic carboxylic acids is 1. The molecule has 188 valence electrons. The summed E-state index contributed by atoms with van der Waals surface area (Å²) < 4.78 is 48.3. The van der Waals surface area contributed by atoms with Crippen LogP contribution in [0.3, 0.4) is 0 Å². The van der Waals surface area contributed by atoms with E-state index in [1.54, 1.807) is 18.3 Å². The summed E-state index contributed by atoms with van der Waals surface area (Å²) >= 11 is 0. The number of carboxylic acid groups (broad SMARTS) is 1. The Morgan fingerprint density at radius 1 is 1.08 bits per heavy atom. The normalized spacial score (nSPS) is 15.4. The average molecular weight is 505 g/mol. The van der Waals surface area contributed by atoms with Crippen molar-refractivity contribution in [1.82, 2.24) is 29.5 Å². The molecule has 0 saturated carbocycles. The van der Waals surface area contributed by atoms with Gasteiger partial charge < -0.3 is 19.7 Å². The van der Waals surface area contributed by atoms with Crippen LogP contribution in [0.1, 0.15) is 17.0 Å². The summed E-state index contributed by atoms with van der Waals surface area (Å²) in [5, 5.41) is 14.3. The molecular weight excluding hydrogens is 486 g/mol. The van der Waals surface area contributed by atoms with Gasteiger partial charge >= 0.3 is 12.1 Å². The standard InChI is InChI=1S/C20H18FN7O.C2HF3O2/c21-14-3-5-16(6-4-14)28-13-23-18(25-28)20(29)24-15-7-10-27(12-15)19-17-2-1-9-26(17)11-8-22-19;3-2(4,5)1(6)7/h1-6,8-9,11,13,15H,7,10,12H2,(H,24,29);(H,6,7)/t15-;/m0./s1. The summed E-state index contributed by atoms with van der Waals surface area (Å²) in [5.41, 5.74) is 1.68. The number of hydrogen-bond donors (Lipinski definition) is 2. The number of amides is 1. The van der Waals surface area contributed by atoms with Crippen LogP contribution in [-0.2, 0) is 4.79 Å². The van der Waals surface area contributed by atoms with Crippen molar-refractivity contribution in [3.8, 4) is 5.69 Å². The van der Waals surface area contributed by atoms with E-state index < -0.39 is 12.1 Å². The van der Waals surface area contributed by atoms with E-state index in [0.29, 0.717) is 12.2 Å². The molecule has 1 aliphatic heterocycles. The number of fused-ring (bicyclic) bond motifs is 1. The fourth-order valence-electron chi connectivity index (χ4n) is 3.60. The van der Waals surface area contributed by atoms with Crippen molar-refractivity contribution in [2.75, 3.05) is 18.0 Å². The van der Waals surface area contributed by atoms with Gasteiger partial charge in [-0.3, -0.25) is 4.79 Å². The number of nitrogens with one attached hydrogen (secondary N) is 1. The van der Waals surface area contributed by atoms with Crippen LogP contribution in [-0.4, -0.2) is 66.4 Å². The van der Waals surface area contributed by atoms with Crippen LogP contribution in [0, 0.1) is 5.82 Å². The van der Waals surface area contributed by atoms with Gasteiger partial charge in [0.05, 0.1) is 11.2 Å². The molecule has 36 heavy (non-hydrogen) atoms. The molecule has 4 aromatic rings. The Morgan fingerprint density at radius 3 is 2.50 bits per heavy atom. The van der Waals surface area contributed by atoms with E-state index in [2.05, 4.69) is 25.3 Å². The predicted molar refractivity (Wildman–Crippen MR) is 118 cm³/mol. The van der Waals surface area contributed by atoms with Crippen LogP contribution in [0.15, 0.2) is 61.3 Å². The number of rotatable bonds is 4. The lowest BCUT2D eigenvalue weighted by atomic mass is 10.2. The fourth-order valence-corrected chi connectivity index (χ4v) is 3.60. The molecular formula is C22H19F4N7O3. The Labute approximate surface area is 200 Å². The van der Waals surface area contributed by atoms with E-state index >= 15 is 0 Å². The zero-order chi connectivity index (χ0) is 25.9. The first-order chi connectivity index (χ1) is 17.1. The minimum Gasteiger partial charge on any atom is -0.475 e. The van der Waals surface area contributed by atoms with E-state index in [0.717, 1.165) is 24.3 Å². The number of halogens is 4. The van der Waals surface area contributed by atoms with Gasteiger partial charge in [-0.2, -0.15) is 13.2 Å². The molecule has 1 aliphatic rings. The molecule has 10 nitrogen and oxygen atoms in total. The lowest BCUT2D eigenvalue weighted by molar-refractivity contribution is -0.192. The number of anilines is 1. The van der Waals surface area contributed by atoms with Crippen LogP contribution in [0.4, 0.5) is 23.4 Å². The molecule has 0 aliphatic carbocycles. The van der Waals surface area contributed by atoms with Crippen molar-refractivity contribution < 1.29 is 32.3 Å². The Balaban J connectivity index is 0.000000384. The summed E-state index contributed by atoms with van der Waals surface area (Å²) in [5.74, 6) is -2.42. The van der Waals surface area contributed by atoms with E-state index in [9.17, 15) is 22.4 Å². The fraction of sp³-hybridized carbons (Fsp3) is 0.227. The van der Waals surface area contributed by atoms with Gasteiger partial charge in [0.1, 0.15) is 12.1 Å². The highest BCUT2D eigenvalue weighted by Crippen LogP contribution is 2.23. The van der Waals surface area contributed by atoms with Gasteiger partial charge in [0.2, 0.25) is 5.82 Å². The van der Waals surface area contributed by atoms with Gasteiger partial charge in [-0.05, 0) is 42.8 Å². The van der Waals surface area contributed by atoms with Crippen molar-refractivity contribution in [3.63, 3.8) is 0 Å². The highest BCUT2D eigenvalue weighted by molar-refractivity contribution is 5.90. The van der Waals surface area contributed by atoms with E-state index in [4.69, 9.17) is 9.90 Å². The van der Waals surface area contributed by atoms with E-state index in [1.807, 2.05) is 28.9 Å². The lowest BCUT2D eigenvalue weighted by Gasteiger charge is -2.18. The van der Waals surface area contributed by atoms with Crippen LogP contribution < -0.4 is 10.2 Å². The SMILES string of the molecule is O=C(N[C@H]1CCN(c2nccn3cccc23)C1)c1ncn(-c2ccc(F)cc2)n1.O=C(O)C(F)(F)F. The first kappa shape index (κ1) is 24.6. The third-order valence-corrected chi connectivity index (χ3v) is 5.28. The van der Waals surface area contributed by atoms with Crippen LogP contribution in [0.25, 0.3) is 11.2 Å². The summed E-state index contributed by atoms with van der Waals surface area (Å²) in [4.78, 5) is 32.2. The second kappa shape index (κ2) is 10.0. The van der Waals surface area contributed by atoms with E-state index in [-0.39, 0.29) is 23.6 Å². The number of aromatic nitrogens is 5. The molecule has 5 rings (SSSR count). The quantitative estimate of drug-likeness (QED) is 0.410. The number of carbonyl (C=O) groups excluding carboxylic acids is 1. The number of hydrogen-bond acceptors (Lipinski definition) is 6. The smallest absolute Gasteiger partial charge is 0.475 e. The van der Waals surface area contributed by atoms with Gasteiger partial charge in [0.25, 0.3) is 5.91 Å². The third-order valence-electron chi connectivity index (χ3n) is 5.28. The molecule has 1 atom stereocenters. The maximum absolute atomic E-state index is 13.1. The molecule has 0 spiro atoms. The second-order valence-corrected chi connectivity index (χ2v) is 7.75. The minimum atomic E-state index is -5.08. The minimum absolute atomic E-state index is 0.0164. The zero-order valence-electron chi connectivity index (χ0n) is 18.4. The van der Waals surface area contributed by atoms with Crippen molar-refractivity contribution in [3.05, 3.63) is 73.0 Å². The van der Waals surface area contributed by atoms with Gasteiger partial charge in [-0.15, -0.1) is 5.10 Å². The molecule has 2 N–H and O–H groups in total. The monoisotopic (exact) mass is 505 g/mol. The number of alkyl halides is 3. The molecule has 0 bridgehead atoms. The maximum Gasteiger partial charge on any atom is 0.490 e. The lowest BCUT2D eigenvalue weighted by Crippen LogP contribution is -2.37. The third kappa shape index (κ3) is 5.59. The molecule has 3 aromatic heterocycles. The van der Waals surface area contributed by atoms with Crippen molar-refractivity contribution >= 4 is 23.2 Å². The summed E-state index contributed by atoms with van der Waals surface area (Å²) in [7, 11) is 0. The molecule has 1 amide bonds. The highest BCUT2D eigenvalue weighted by atomic mass is 19.4.